The highest BCUT2D eigenvalue weighted by Gasteiger charge is 2.22. The second-order valence-corrected chi connectivity index (χ2v) is 3.96. The molecule has 0 amide bonds. The van der Waals surface area contributed by atoms with Crippen LogP contribution in [0.3, 0.4) is 0 Å². The van der Waals surface area contributed by atoms with Gasteiger partial charge in [0.25, 0.3) is 5.69 Å². The van der Waals surface area contributed by atoms with Crippen molar-refractivity contribution in [1.29, 1.82) is 0 Å². The largest absolute Gasteiger partial charge is 0.479 e. The Kier molecular flexibility index (Phi) is 5.15. The van der Waals surface area contributed by atoms with Crippen LogP contribution >= 0.6 is 0 Å². The van der Waals surface area contributed by atoms with Gasteiger partial charge in [-0.3, -0.25) is 14.9 Å². The lowest BCUT2D eigenvalue weighted by molar-refractivity contribution is -0.384. The first-order valence-electron chi connectivity index (χ1n) is 5.61. The van der Waals surface area contributed by atoms with Gasteiger partial charge in [-0.25, -0.2) is 4.79 Å². The number of rotatable bonds is 6. The fraction of sp³-hybridized carbons (Fsp3) is 0.333. The monoisotopic (exact) mass is 283 g/mol. The lowest BCUT2D eigenvalue weighted by Gasteiger charge is -2.11. The Morgan fingerprint density at radius 3 is 2.60 bits per heavy atom. The lowest BCUT2D eigenvalue weighted by atomic mass is 9.98. The van der Waals surface area contributed by atoms with Crippen molar-refractivity contribution in [2.45, 2.75) is 18.9 Å². The average molecular weight is 283 g/mol. The van der Waals surface area contributed by atoms with Crippen LogP contribution in [0.4, 0.5) is 5.69 Å². The zero-order chi connectivity index (χ0) is 15.3. The normalized spacial score (nSPS) is 11.7. The van der Waals surface area contributed by atoms with Gasteiger partial charge in [-0.2, -0.15) is 0 Å². The molecule has 1 unspecified atom stereocenters. The molecule has 20 heavy (non-hydrogen) atoms. The van der Waals surface area contributed by atoms with Gasteiger partial charge in [0.1, 0.15) is 0 Å². The number of aliphatic hydroxyl groups is 1. The van der Waals surface area contributed by atoms with E-state index >= 15 is 0 Å². The molecule has 1 aromatic carbocycles. The number of non-ortho nitro benzene ring substituents is 1. The summed E-state index contributed by atoms with van der Waals surface area (Å²) in [6.45, 7) is 0. The Hall–Kier alpha value is -2.48. The number of esters is 1. The maximum absolute atomic E-state index is 11.1. The molecule has 0 bridgehead atoms. The third-order valence-electron chi connectivity index (χ3n) is 2.69. The molecule has 1 rings (SSSR count). The molecule has 0 radical (unpaired) electrons. The number of ether oxygens (including phenoxy) is 1. The van der Waals surface area contributed by atoms with E-state index in [1.54, 1.807) is 0 Å². The number of methoxy groups -OCH3 is 1. The number of aliphatic carboxylic acids is 1. The summed E-state index contributed by atoms with van der Waals surface area (Å²) >= 11 is 0. The zero-order valence-electron chi connectivity index (χ0n) is 10.6. The molecular weight excluding hydrogens is 270 g/mol. The second kappa shape index (κ2) is 6.62. The zero-order valence-corrected chi connectivity index (χ0v) is 10.6. The standard InChI is InChI=1S/C12H13NO7/c1-20-10(14)5-2-7-6-8(13(18)19)3-4-9(7)11(15)12(16)17/h3-4,6,11,15H,2,5H2,1H3,(H,16,17). The van der Waals surface area contributed by atoms with Crippen LogP contribution in [0.2, 0.25) is 0 Å². The van der Waals surface area contributed by atoms with Crippen LogP contribution in [-0.4, -0.2) is 34.2 Å². The molecule has 8 heteroatoms. The molecule has 2 N–H and O–H groups in total. The van der Waals surface area contributed by atoms with Crippen LogP contribution in [0.15, 0.2) is 18.2 Å². The minimum atomic E-state index is -1.80. The molecule has 0 fully saturated rings. The highest BCUT2D eigenvalue weighted by atomic mass is 16.6. The van der Waals surface area contributed by atoms with E-state index in [4.69, 9.17) is 5.11 Å². The molecule has 1 aromatic rings. The highest BCUT2D eigenvalue weighted by molar-refractivity contribution is 5.75. The van der Waals surface area contributed by atoms with Gasteiger partial charge in [0.15, 0.2) is 6.10 Å². The summed E-state index contributed by atoms with van der Waals surface area (Å²) < 4.78 is 4.45. The number of carbonyl (C=O) groups is 2. The predicted octanol–water partition coefficient (Wildman–Crippen LogP) is 0.818. The van der Waals surface area contributed by atoms with E-state index in [0.717, 1.165) is 12.1 Å². The van der Waals surface area contributed by atoms with E-state index in [9.17, 15) is 24.8 Å². The van der Waals surface area contributed by atoms with Gasteiger partial charge in [-0.05, 0) is 23.6 Å². The van der Waals surface area contributed by atoms with Crippen LogP contribution in [0.25, 0.3) is 0 Å². The highest BCUT2D eigenvalue weighted by Crippen LogP contribution is 2.24. The number of nitrogens with zero attached hydrogens (tertiary/aromatic N) is 1. The topological polar surface area (TPSA) is 127 Å². The first-order valence-corrected chi connectivity index (χ1v) is 5.61. The molecule has 0 aromatic heterocycles. The van der Waals surface area contributed by atoms with E-state index < -0.39 is 23.0 Å². The van der Waals surface area contributed by atoms with Crippen molar-refractivity contribution in [3.63, 3.8) is 0 Å². The number of carboxylic acids is 1. The fourth-order valence-electron chi connectivity index (χ4n) is 1.66. The SMILES string of the molecule is COC(=O)CCc1cc([N+](=O)[O-])ccc1C(O)C(=O)O. The lowest BCUT2D eigenvalue weighted by Crippen LogP contribution is -2.14. The predicted molar refractivity (Wildman–Crippen MR) is 66.0 cm³/mol. The van der Waals surface area contributed by atoms with Crippen LogP contribution < -0.4 is 0 Å². The van der Waals surface area contributed by atoms with Crippen molar-refractivity contribution >= 4 is 17.6 Å². The van der Waals surface area contributed by atoms with Crippen molar-refractivity contribution in [2.24, 2.45) is 0 Å². The van der Waals surface area contributed by atoms with E-state index in [1.165, 1.54) is 13.2 Å². The molecule has 0 saturated carbocycles. The van der Waals surface area contributed by atoms with E-state index in [2.05, 4.69) is 4.74 Å². The summed E-state index contributed by atoms with van der Waals surface area (Å²) in [5.41, 5.74) is -0.00212. The molecule has 0 spiro atoms. The minimum Gasteiger partial charge on any atom is -0.479 e. The Morgan fingerprint density at radius 1 is 1.45 bits per heavy atom. The molecule has 0 saturated heterocycles. The second-order valence-electron chi connectivity index (χ2n) is 3.96. The van der Waals surface area contributed by atoms with Crippen molar-refractivity contribution < 1.29 is 29.5 Å². The number of carboxylic acid groups (broad SMARTS) is 1. The van der Waals surface area contributed by atoms with Crippen LogP contribution in [-0.2, 0) is 20.7 Å². The van der Waals surface area contributed by atoms with Crippen LogP contribution in [0, 0.1) is 10.1 Å². The summed E-state index contributed by atoms with van der Waals surface area (Å²) in [5, 5.41) is 29.0. The van der Waals surface area contributed by atoms with Gasteiger partial charge >= 0.3 is 11.9 Å². The number of hydrogen-bond acceptors (Lipinski definition) is 6. The molecular formula is C12H13NO7. The molecule has 108 valence electrons. The number of nitro benzene ring substituents is 1. The Morgan fingerprint density at radius 2 is 2.10 bits per heavy atom. The number of aryl methyl sites for hydroxylation is 1. The van der Waals surface area contributed by atoms with E-state index in [1.807, 2.05) is 0 Å². The summed E-state index contributed by atoms with van der Waals surface area (Å²) in [5.74, 6) is -2.01. The van der Waals surface area contributed by atoms with Crippen molar-refractivity contribution in [2.75, 3.05) is 7.11 Å². The number of hydrogen-bond donors (Lipinski definition) is 2. The summed E-state index contributed by atoms with van der Waals surface area (Å²) in [4.78, 5) is 31.9. The molecule has 0 aliphatic rings. The quantitative estimate of drug-likeness (QED) is 0.449. The van der Waals surface area contributed by atoms with Gasteiger partial charge in [0.05, 0.1) is 12.0 Å². The molecule has 1 atom stereocenters. The van der Waals surface area contributed by atoms with E-state index in [0.29, 0.717) is 0 Å². The third kappa shape index (κ3) is 3.75. The van der Waals surface area contributed by atoms with Gasteiger partial charge in [0, 0.05) is 18.6 Å². The summed E-state index contributed by atoms with van der Waals surface area (Å²) in [7, 11) is 1.20. The van der Waals surface area contributed by atoms with Crippen molar-refractivity contribution in [3.05, 3.63) is 39.4 Å². The summed E-state index contributed by atoms with van der Waals surface area (Å²) in [6.07, 6.45) is -1.84. The number of nitro groups is 1. The number of carbonyl (C=O) groups excluding carboxylic acids is 1. The third-order valence-corrected chi connectivity index (χ3v) is 2.69. The van der Waals surface area contributed by atoms with Crippen LogP contribution in [0.5, 0.6) is 0 Å². The molecule has 0 aliphatic heterocycles. The van der Waals surface area contributed by atoms with Crippen molar-refractivity contribution in [3.8, 4) is 0 Å². The summed E-state index contributed by atoms with van der Waals surface area (Å²) in [6, 6.07) is 3.41. The maximum atomic E-state index is 11.1. The Bertz CT molecular complexity index is 541. The Balaban J connectivity index is 3.12. The van der Waals surface area contributed by atoms with Crippen molar-refractivity contribution in [1.82, 2.24) is 0 Å². The first-order chi connectivity index (χ1) is 9.36. The smallest absolute Gasteiger partial charge is 0.337 e. The Labute approximate surface area is 113 Å². The van der Waals surface area contributed by atoms with Gasteiger partial charge in [-0.15, -0.1) is 0 Å². The number of aliphatic hydroxyl groups excluding tert-OH is 1. The van der Waals surface area contributed by atoms with Gasteiger partial charge in [0.2, 0.25) is 0 Å². The maximum Gasteiger partial charge on any atom is 0.337 e. The van der Waals surface area contributed by atoms with Gasteiger partial charge in [-0.1, -0.05) is 0 Å². The fourth-order valence-corrected chi connectivity index (χ4v) is 1.66. The van der Waals surface area contributed by atoms with Crippen LogP contribution in [0.1, 0.15) is 23.7 Å². The first kappa shape index (κ1) is 15.6. The number of benzene rings is 1. The van der Waals surface area contributed by atoms with E-state index in [-0.39, 0.29) is 29.7 Å². The minimum absolute atomic E-state index is 0.0204. The molecule has 0 heterocycles. The van der Waals surface area contributed by atoms with Gasteiger partial charge < -0.3 is 14.9 Å². The average Bonchev–Trinajstić information content (AvgIpc) is 2.43. The molecule has 0 aliphatic carbocycles. The molecule has 8 nitrogen and oxygen atoms in total.